The number of rotatable bonds is 5. The smallest absolute Gasteiger partial charge is 0.309 e. The van der Waals surface area contributed by atoms with Crippen LogP contribution in [-0.2, 0) is 19.1 Å². The number of hydrogen-bond donors (Lipinski definition) is 0. The quantitative estimate of drug-likeness (QED) is 0.694. The van der Waals surface area contributed by atoms with E-state index in [-0.39, 0.29) is 23.8 Å². The summed E-state index contributed by atoms with van der Waals surface area (Å²) in [6.07, 6.45) is 4.27. The van der Waals surface area contributed by atoms with E-state index >= 15 is 0 Å². The lowest BCUT2D eigenvalue weighted by molar-refractivity contribution is -0.162. The van der Waals surface area contributed by atoms with Gasteiger partial charge in [-0.1, -0.05) is 19.8 Å². The fraction of sp³-hybridized carbons (Fsp3) is 0.846. The molecule has 1 aliphatic carbocycles. The largest absolute Gasteiger partial charge is 0.466 e. The van der Waals surface area contributed by atoms with E-state index in [0.29, 0.717) is 13.2 Å². The van der Waals surface area contributed by atoms with Gasteiger partial charge in [-0.05, 0) is 26.2 Å². The molecule has 1 aliphatic rings. The first-order chi connectivity index (χ1) is 8.20. The lowest BCUT2D eigenvalue weighted by atomic mass is 9.79. The molecule has 0 heterocycles. The molecular weight excluding hydrogens is 220 g/mol. The number of esters is 2. The summed E-state index contributed by atoms with van der Waals surface area (Å²) in [5.74, 6) is -1.07. The monoisotopic (exact) mass is 242 g/mol. The van der Waals surface area contributed by atoms with Gasteiger partial charge >= 0.3 is 11.9 Å². The number of hydrogen-bond acceptors (Lipinski definition) is 4. The van der Waals surface area contributed by atoms with Gasteiger partial charge in [0, 0.05) is 0 Å². The molecule has 0 aromatic heterocycles. The van der Waals surface area contributed by atoms with Crippen molar-refractivity contribution >= 4 is 11.9 Å². The van der Waals surface area contributed by atoms with Gasteiger partial charge in [-0.2, -0.15) is 0 Å². The molecule has 0 aliphatic heterocycles. The predicted molar refractivity (Wildman–Crippen MR) is 63.3 cm³/mol. The summed E-state index contributed by atoms with van der Waals surface area (Å²) in [6, 6.07) is 0. The SMILES string of the molecule is CCCOC(=O)C1CCCCC1C(=O)OCC. The molecule has 0 spiro atoms. The summed E-state index contributed by atoms with van der Waals surface area (Å²) in [5.41, 5.74) is 0. The summed E-state index contributed by atoms with van der Waals surface area (Å²) >= 11 is 0. The highest BCUT2D eigenvalue weighted by molar-refractivity contribution is 5.82. The van der Waals surface area contributed by atoms with Crippen molar-refractivity contribution < 1.29 is 19.1 Å². The third-order valence-electron chi connectivity index (χ3n) is 3.11. The molecule has 0 N–H and O–H groups in total. The van der Waals surface area contributed by atoms with E-state index in [4.69, 9.17) is 9.47 Å². The summed E-state index contributed by atoms with van der Waals surface area (Å²) in [5, 5.41) is 0. The molecule has 17 heavy (non-hydrogen) atoms. The molecule has 1 fully saturated rings. The number of carbonyl (C=O) groups excluding carboxylic acids is 2. The van der Waals surface area contributed by atoms with Crippen LogP contribution in [0.2, 0.25) is 0 Å². The van der Waals surface area contributed by atoms with Crippen LogP contribution in [0.4, 0.5) is 0 Å². The Kier molecular flexibility index (Phi) is 6.01. The molecule has 0 amide bonds. The van der Waals surface area contributed by atoms with E-state index in [1.807, 2.05) is 6.92 Å². The summed E-state index contributed by atoms with van der Waals surface area (Å²) in [6.45, 7) is 4.54. The molecule has 0 radical (unpaired) electrons. The topological polar surface area (TPSA) is 52.6 Å². The van der Waals surface area contributed by atoms with Crippen molar-refractivity contribution in [2.24, 2.45) is 11.8 Å². The van der Waals surface area contributed by atoms with Gasteiger partial charge in [-0.3, -0.25) is 9.59 Å². The molecule has 4 nitrogen and oxygen atoms in total. The second kappa shape index (κ2) is 7.30. The Hall–Kier alpha value is -1.06. The van der Waals surface area contributed by atoms with Gasteiger partial charge in [0.25, 0.3) is 0 Å². The third-order valence-corrected chi connectivity index (χ3v) is 3.11. The van der Waals surface area contributed by atoms with Crippen LogP contribution >= 0.6 is 0 Å². The maximum Gasteiger partial charge on any atom is 0.309 e. The lowest BCUT2D eigenvalue weighted by Crippen LogP contribution is -2.35. The van der Waals surface area contributed by atoms with Crippen LogP contribution in [-0.4, -0.2) is 25.2 Å². The highest BCUT2D eigenvalue weighted by Gasteiger charge is 2.37. The first-order valence-electron chi connectivity index (χ1n) is 6.54. The molecule has 98 valence electrons. The Labute approximate surface area is 103 Å². The Morgan fingerprint density at radius 2 is 1.53 bits per heavy atom. The minimum atomic E-state index is -0.298. The van der Waals surface area contributed by atoms with E-state index in [0.717, 1.165) is 32.1 Å². The second-order valence-electron chi connectivity index (χ2n) is 4.42. The fourth-order valence-electron chi connectivity index (χ4n) is 2.25. The van der Waals surface area contributed by atoms with E-state index in [2.05, 4.69) is 0 Å². The Morgan fingerprint density at radius 1 is 1.00 bits per heavy atom. The van der Waals surface area contributed by atoms with Crippen LogP contribution in [0.5, 0.6) is 0 Å². The molecule has 2 atom stereocenters. The maximum atomic E-state index is 11.8. The van der Waals surface area contributed by atoms with E-state index < -0.39 is 0 Å². The van der Waals surface area contributed by atoms with Crippen LogP contribution in [0.3, 0.4) is 0 Å². The lowest BCUT2D eigenvalue weighted by Gasteiger charge is -2.28. The van der Waals surface area contributed by atoms with Crippen molar-refractivity contribution in [3.8, 4) is 0 Å². The third kappa shape index (κ3) is 4.02. The molecule has 1 saturated carbocycles. The van der Waals surface area contributed by atoms with Crippen LogP contribution in [0.15, 0.2) is 0 Å². The zero-order valence-electron chi connectivity index (χ0n) is 10.7. The number of ether oxygens (including phenoxy) is 2. The number of carbonyl (C=O) groups is 2. The van der Waals surface area contributed by atoms with Crippen LogP contribution in [0, 0.1) is 11.8 Å². The highest BCUT2D eigenvalue weighted by atomic mass is 16.5. The van der Waals surface area contributed by atoms with Crippen molar-refractivity contribution in [1.29, 1.82) is 0 Å². The van der Waals surface area contributed by atoms with E-state index in [1.165, 1.54) is 0 Å². The van der Waals surface area contributed by atoms with Gasteiger partial charge in [-0.15, -0.1) is 0 Å². The normalized spacial score (nSPS) is 24.1. The van der Waals surface area contributed by atoms with Crippen molar-refractivity contribution in [2.45, 2.75) is 46.0 Å². The molecule has 2 unspecified atom stereocenters. The minimum Gasteiger partial charge on any atom is -0.466 e. The Bertz CT molecular complexity index is 262. The van der Waals surface area contributed by atoms with Crippen LogP contribution in [0.1, 0.15) is 46.0 Å². The second-order valence-corrected chi connectivity index (χ2v) is 4.42. The predicted octanol–water partition coefficient (Wildman–Crippen LogP) is 2.31. The van der Waals surface area contributed by atoms with E-state index in [1.54, 1.807) is 6.92 Å². The fourth-order valence-corrected chi connectivity index (χ4v) is 2.25. The standard InChI is InChI=1S/C13H22O4/c1-3-9-17-13(15)11-8-6-5-7-10(11)12(14)16-4-2/h10-11H,3-9H2,1-2H3. The maximum absolute atomic E-state index is 11.8. The first kappa shape index (κ1) is 14.0. The molecule has 4 heteroatoms. The van der Waals surface area contributed by atoms with Crippen LogP contribution in [0.25, 0.3) is 0 Å². The zero-order chi connectivity index (χ0) is 12.7. The highest BCUT2D eigenvalue weighted by Crippen LogP contribution is 2.32. The Morgan fingerprint density at radius 3 is 2.00 bits per heavy atom. The molecular formula is C13H22O4. The van der Waals surface area contributed by atoms with Gasteiger partial charge in [0.15, 0.2) is 0 Å². The average molecular weight is 242 g/mol. The van der Waals surface area contributed by atoms with Gasteiger partial charge in [-0.25, -0.2) is 0 Å². The van der Waals surface area contributed by atoms with Crippen molar-refractivity contribution in [1.82, 2.24) is 0 Å². The van der Waals surface area contributed by atoms with Crippen LogP contribution < -0.4 is 0 Å². The van der Waals surface area contributed by atoms with Crippen molar-refractivity contribution in [3.63, 3.8) is 0 Å². The average Bonchev–Trinajstić information content (AvgIpc) is 2.36. The van der Waals surface area contributed by atoms with Crippen molar-refractivity contribution in [2.75, 3.05) is 13.2 Å². The molecule has 0 bridgehead atoms. The molecule has 1 rings (SSSR count). The van der Waals surface area contributed by atoms with Gasteiger partial charge in [0.1, 0.15) is 0 Å². The summed E-state index contributed by atoms with van der Waals surface area (Å²) in [7, 11) is 0. The first-order valence-corrected chi connectivity index (χ1v) is 6.54. The zero-order valence-corrected chi connectivity index (χ0v) is 10.7. The molecule has 0 saturated heterocycles. The summed E-state index contributed by atoms with van der Waals surface area (Å²) in [4.78, 5) is 23.6. The van der Waals surface area contributed by atoms with Gasteiger partial charge in [0.05, 0.1) is 25.0 Å². The van der Waals surface area contributed by atoms with Gasteiger partial charge in [0.2, 0.25) is 0 Å². The van der Waals surface area contributed by atoms with E-state index in [9.17, 15) is 9.59 Å². The molecule has 0 aromatic rings. The molecule has 0 aromatic carbocycles. The Balaban J connectivity index is 2.58. The van der Waals surface area contributed by atoms with Crippen molar-refractivity contribution in [3.05, 3.63) is 0 Å². The van der Waals surface area contributed by atoms with Gasteiger partial charge < -0.3 is 9.47 Å². The minimum absolute atomic E-state index is 0.232. The summed E-state index contributed by atoms with van der Waals surface area (Å²) < 4.78 is 10.2.